The van der Waals surface area contributed by atoms with Crippen molar-refractivity contribution in [2.45, 2.75) is 51.6 Å². The second-order valence-corrected chi connectivity index (χ2v) is 6.54. The maximum Gasteiger partial charge on any atom is 0.276 e. The van der Waals surface area contributed by atoms with Gasteiger partial charge >= 0.3 is 0 Å². The number of rotatable bonds is 1. The van der Waals surface area contributed by atoms with E-state index in [1.807, 2.05) is 0 Å². The summed E-state index contributed by atoms with van der Waals surface area (Å²) >= 11 is 0. The first-order valence-electron chi connectivity index (χ1n) is 6.70. The third-order valence-corrected chi connectivity index (χ3v) is 5.27. The molecule has 1 aromatic rings. The predicted molar refractivity (Wildman–Crippen MR) is 69.9 cm³/mol. The van der Waals surface area contributed by atoms with Crippen LogP contribution in [0, 0.1) is 5.41 Å². The first kappa shape index (κ1) is 11.1. The Morgan fingerprint density at radius 2 is 2.06 bits per heavy atom. The van der Waals surface area contributed by atoms with E-state index in [0.717, 1.165) is 0 Å². The smallest absolute Gasteiger partial charge is 0.254 e. The molecule has 2 heterocycles. The minimum Gasteiger partial charge on any atom is -0.254 e. The summed E-state index contributed by atoms with van der Waals surface area (Å²) in [6.45, 7) is 7.30. The van der Waals surface area contributed by atoms with E-state index in [0.29, 0.717) is 17.0 Å². The molecule has 3 unspecified atom stereocenters. The lowest BCUT2D eigenvalue weighted by Crippen LogP contribution is -2.53. The fraction of sp³-hybridized carbons (Fsp3) is 0.667. The minimum atomic E-state index is 0.368. The Kier molecular flexibility index (Phi) is 2.11. The van der Waals surface area contributed by atoms with Crippen LogP contribution in [-0.4, -0.2) is 11.6 Å². The molecule has 1 aliphatic carbocycles. The van der Waals surface area contributed by atoms with Gasteiger partial charge in [0.1, 0.15) is 5.54 Å². The molecule has 3 atom stereocenters. The standard InChI is InChI=1S/C15H23N2/c1-12-14(2)8-9-15(3,11-14)17(12)13-7-5-6-10-16(13)4/h5-7,10,12H,8-9,11H2,1-4H3/q+1. The second-order valence-electron chi connectivity index (χ2n) is 6.54. The highest BCUT2D eigenvalue weighted by molar-refractivity contribution is 5.44. The molecule has 3 rings (SSSR count). The molecule has 2 bridgehead atoms. The van der Waals surface area contributed by atoms with Crippen LogP contribution in [0.25, 0.3) is 0 Å². The molecular weight excluding hydrogens is 208 g/mol. The van der Waals surface area contributed by atoms with Crippen LogP contribution in [0.15, 0.2) is 24.4 Å². The Hall–Kier alpha value is -1.05. The average molecular weight is 231 g/mol. The van der Waals surface area contributed by atoms with E-state index in [1.165, 1.54) is 25.1 Å². The van der Waals surface area contributed by atoms with Gasteiger partial charge in [-0.05, 0) is 39.2 Å². The van der Waals surface area contributed by atoms with Crippen LogP contribution >= 0.6 is 0 Å². The summed E-state index contributed by atoms with van der Waals surface area (Å²) < 4.78 is 2.26. The zero-order valence-corrected chi connectivity index (χ0v) is 11.4. The van der Waals surface area contributed by atoms with E-state index in [9.17, 15) is 0 Å². The molecule has 2 fully saturated rings. The number of pyridine rings is 1. The van der Waals surface area contributed by atoms with E-state index < -0.39 is 0 Å². The van der Waals surface area contributed by atoms with Gasteiger partial charge in [-0.2, -0.15) is 0 Å². The van der Waals surface area contributed by atoms with Gasteiger partial charge in [0.25, 0.3) is 5.82 Å². The molecule has 0 aromatic carbocycles. The molecule has 92 valence electrons. The van der Waals surface area contributed by atoms with E-state index in [-0.39, 0.29) is 0 Å². The number of aromatic nitrogens is 1. The SMILES string of the molecule is CC1N(c2cccc[n+]2C)C2(C)CCC1(C)C2. The molecule has 17 heavy (non-hydrogen) atoms. The number of anilines is 1. The topological polar surface area (TPSA) is 7.12 Å². The zero-order chi connectivity index (χ0) is 12.3. The highest BCUT2D eigenvalue weighted by atomic mass is 15.3. The van der Waals surface area contributed by atoms with Crippen molar-refractivity contribution in [3.8, 4) is 0 Å². The number of hydrogen-bond acceptors (Lipinski definition) is 1. The average Bonchev–Trinajstić information content (AvgIpc) is 2.68. The lowest BCUT2D eigenvalue weighted by atomic mass is 9.83. The van der Waals surface area contributed by atoms with Gasteiger partial charge in [0, 0.05) is 11.5 Å². The van der Waals surface area contributed by atoms with Crippen molar-refractivity contribution in [1.82, 2.24) is 0 Å². The van der Waals surface area contributed by atoms with E-state index in [2.05, 4.69) is 61.7 Å². The third-order valence-electron chi connectivity index (χ3n) is 5.27. The van der Waals surface area contributed by atoms with E-state index in [1.54, 1.807) is 0 Å². The highest BCUT2D eigenvalue weighted by Crippen LogP contribution is 2.58. The van der Waals surface area contributed by atoms with Gasteiger partial charge in [0.15, 0.2) is 0 Å². The fourth-order valence-electron chi connectivity index (χ4n) is 4.18. The molecule has 2 heteroatoms. The lowest BCUT2D eigenvalue weighted by Gasteiger charge is -2.37. The Bertz CT molecular complexity index is 456. The van der Waals surface area contributed by atoms with Crippen LogP contribution in [0.5, 0.6) is 0 Å². The van der Waals surface area contributed by atoms with Crippen LogP contribution in [0.4, 0.5) is 5.82 Å². The molecule has 0 N–H and O–H groups in total. The fourth-order valence-corrected chi connectivity index (χ4v) is 4.18. The Morgan fingerprint density at radius 3 is 2.65 bits per heavy atom. The zero-order valence-electron chi connectivity index (χ0n) is 11.4. The summed E-state index contributed by atoms with van der Waals surface area (Å²) in [7, 11) is 2.15. The van der Waals surface area contributed by atoms with Gasteiger partial charge < -0.3 is 0 Å². The number of hydrogen-bond donors (Lipinski definition) is 0. The molecule has 0 spiro atoms. The molecule has 2 nitrogen and oxygen atoms in total. The number of fused-ring (bicyclic) bond motifs is 2. The van der Waals surface area contributed by atoms with Crippen molar-refractivity contribution in [2.75, 3.05) is 4.90 Å². The molecule has 1 aromatic heterocycles. The Labute approximate surface area is 104 Å². The monoisotopic (exact) mass is 231 g/mol. The molecule has 2 aliphatic rings. The maximum atomic E-state index is 2.66. The summed E-state index contributed by atoms with van der Waals surface area (Å²) in [4.78, 5) is 2.66. The van der Waals surface area contributed by atoms with E-state index in [4.69, 9.17) is 0 Å². The normalized spacial score (nSPS) is 40.0. The number of nitrogens with zero attached hydrogens (tertiary/aromatic N) is 2. The predicted octanol–water partition coefficient (Wildman–Crippen LogP) is 2.67. The van der Waals surface area contributed by atoms with Crippen LogP contribution in [0.2, 0.25) is 0 Å². The summed E-state index contributed by atoms with van der Waals surface area (Å²) in [5.74, 6) is 1.37. The molecule has 1 aliphatic heterocycles. The van der Waals surface area contributed by atoms with Crippen molar-refractivity contribution in [2.24, 2.45) is 12.5 Å². The van der Waals surface area contributed by atoms with Crippen molar-refractivity contribution < 1.29 is 4.57 Å². The van der Waals surface area contributed by atoms with Gasteiger partial charge in [-0.15, -0.1) is 0 Å². The summed E-state index contributed by atoms with van der Waals surface area (Å²) in [5, 5.41) is 0. The van der Waals surface area contributed by atoms with Crippen LogP contribution < -0.4 is 9.47 Å². The first-order chi connectivity index (χ1) is 7.96. The Balaban J connectivity index is 2.08. The largest absolute Gasteiger partial charge is 0.276 e. The summed E-state index contributed by atoms with van der Waals surface area (Å²) in [6.07, 6.45) is 6.22. The molecule has 0 amide bonds. The number of aryl methyl sites for hydroxylation is 1. The van der Waals surface area contributed by atoms with Gasteiger partial charge in [-0.25, -0.2) is 4.57 Å². The van der Waals surface area contributed by atoms with Crippen molar-refractivity contribution >= 4 is 5.82 Å². The maximum absolute atomic E-state index is 2.66. The second kappa shape index (κ2) is 3.24. The van der Waals surface area contributed by atoms with Crippen LogP contribution in [-0.2, 0) is 7.05 Å². The van der Waals surface area contributed by atoms with Gasteiger partial charge in [0.2, 0.25) is 0 Å². The number of piperidine rings is 1. The molecule has 0 radical (unpaired) electrons. The first-order valence-corrected chi connectivity index (χ1v) is 6.70. The minimum absolute atomic E-state index is 0.368. The Morgan fingerprint density at radius 1 is 1.29 bits per heavy atom. The van der Waals surface area contributed by atoms with Crippen molar-refractivity contribution in [3.63, 3.8) is 0 Å². The van der Waals surface area contributed by atoms with Gasteiger partial charge in [0.05, 0.1) is 19.3 Å². The van der Waals surface area contributed by atoms with Crippen LogP contribution in [0.3, 0.4) is 0 Å². The quantitative estimate of drug-likeness (QED) is 0.674. The molecule has 1 saturated heterocycles. The summed E-state index contributed by atoms with van der Waals surface area (Å²) in [5.41, 5.74) is 0.880. The van der Waals surface area contributed by atoms with Crippen LogP contribution in [0.1, 0.15) is 40.0 Å². The summed E-state index contributed by atoms with van der Waals surface area (Å²) in [6, 6.07) is 7.16. The third kappa shape index (κ3) is 1.36. The van der Waals surface area contributed by atoms with Crippen molar-refractivity contribution in [3.05, 3.63) is 24.4 Å². The van der Waals surface area contributed by atoms with Crippen molar-refractivity contribution in [1.29, 1.82) is 0 Å². The van der Waals surface area contributed by atoms with E-state index >= 15 is 0 Å². The van der Waals surface area contributed by atoms with Gasteiger partial charge in [-0.3, -0.25) is 4.90 Å². The van der Waals surface area contributed by atoms with Gasteiger partial charge in [-0.1, -0.05) is 13.0 Å². The molecular formula is C15H23N2+. The highest BCUT2D eigenvalue weighted by Gasteiger charge is 2.63. The lowest BCUT2D eigenvalue weighted by molar-refractivity contribution is -0.659. The molecule has 1 saturated carbocycles.